The summed E-state index contributed by atoms with van der Waals surface area (Å²) in [4.78, 5) is 14.4. The van der Waals surface area contributed by atoms with Gasteiger partial charge in [-0.25, -0.2) is 0 Å². The summed E-state index contributed by atoms with van der Waals surface area (Å²) in [6.45, 7) is 9.13. The monoisotopic (exact) mass is 341 g/mol. The van der Waals surface area contributed by atoms with Crippen LogP contribution in [0.2, 0.25) is 0 Å². The molecular weight excluding hydrogens is 314 g/mol. The van der Waals surface area contributed by atoms with Crippen LogP contribution in [0.25, 0.3) is 11.3 Å². The minimum Gasteiger partial charge on any atom is -0.466 e. The number of carbonyl (C=O) groups is 1. The van der Waals surface area contributed by atoms with Gasteiger partial charge in [-0.15, -0.1) is 0 Å². The first-order valence-electron chi connectivity index (χ1n) is 9.07. The van der Waals surface area contributed by atoms with Crippen LogP contribution in [0.5, 0.6) is 0 Å². The molecule has 0 bridgehead atoms. The maximum absolute atomic E-state index is 12.0. The largest absolute Gasteiger partial charge is 0.466 e. The summed E-state index contributed by atoms with van der Waals surface area (Å²) < 4.78 is 5.20. The second kappa shape index (κ2) is 7.83. The number of piperidine rings is 1. The van der Waals surface area contributed by atoms with Crippen molar-refractivity contribution in [3.05, 3.63) is 41.1 Å². The number of esters is 1. The second-order valence-electron chi connectivity index (χ2n) is 6.90. The quantitative estimate of drug-likeness (QED) is 0.846. The van der Waals surface area contributed by atoms with Gasteiger partial charge in [0.05, 0.1) is 24.4 Å². The third kappa shape index (κ3) is 4.10. The molecule has 0 aliphatic carbocycles. The van der Waals surface area contributed by atoms with E-state index < -0.39 is 0 Å². The normalized spacial score (nSPS) is 18.3. The van der Waals surface area contributed by atoms with E-state index in [0.717, 1.165) is 43.7 Å². The van der Waals surface area contributed by atoms with Gasteiger partial charge >= 0.3 is 5.97 Å². The molecule has 1 fully saturated rings. The van der Waals surface area contributed by atoms with Crippen molar-refractivity contribution >= 4 is 5.97 Å². The lowest BCUT2D eigenvalue weighted by molar-refractivity contribution is -0.150. The Balaban J connectivity index is 1.72. The Morgan fingerprint density at radius 1 is 1.36 bits per heavy atom. The van der Waals surface area contributed by atoms with Crippen LogP contribution < -0.4 is 0 Å². The number of likely N-dealkylation sites (tertiary alicyclic amines) is 1. The van der Waals surface area contributed by atoms with Crippen LogP contribution in [-0.4, -0.2) is 40.8 Å². The van der Waals surface area contributed by atoms with Crippen molar-refractivity contribution < 1.29 is 9.53 Å². The van der Waals surface area contributed by atoms with E-state index in [0.29, 0.717) is 6.61 Å². The zero-order valence-electron chi connectivity index (χ0n) is 15.3. The van der Waals surface area contributed by atoms with E-state index in [-0.39, 0.29) is 11.9 Å². The molecule has 1 unspecified atom stereocenters. The molecule has 1 aliphatic heterocycles. The highest BCUT2D eigenvalue weighted by Gasteiger charge is 2.27. The first kappa shape index (κ1) is 17.7. The molecule has 1 aliphatic rings. The van der Waals surface area contributed by atoms with Gasteiger partial charge in [-0.1, -0.05) is 12.1 Å². The zero-order valence-corrected chi connectivity index (χ0v) is 15.3. The molecule has 5 nitrogen and oxygen atoms in total. The molecule has 25 heavy (non-hydrogen) atoms. The van der Waals surface area contributed by atoms with Gasteiger partial charge in [-0.3, -0.25) is 14.8 Å². The number of benzene rings is 1. The molecule has 1 N–H and O–H groups in total. The number of aryl methyl sites for hydroxylation is 2. The van der Waals surface area contributed by atoms with Gasteiger partial charge in [-0.05, 0) is 57.4 Å². The molecule has 1 atom stereocenters. The number of nitrogens with zero attached hydrogens (tertiary/aromatic N) is 2. The van der Waals surface area contributed by atoms with Gasteiger partial charge in [-0.2, -0.15) is 5.10 Å². The number of rotatable bonds is 5. The van der Waals surface area contributed by atoms with Crippen LogP contribution in [-0.2, 0) is 16.1 Å². The zero-order chi connectivity index (χ0) is 17.8. The van der Waals surface area contributed by atoms with Gasteiger partial charge in [0.15, 0.2) is 0 Å². The van der Waals surface area contributed by atoms with Gasteiger partial charge in [0.1, 0.15) is 0 Å². The summed E-state index contributed by atoms with van der Waals surface area (Å²) in [7, 11) is 0. The average Bonchev–Trinajstić information content (AvgIpc) is 3.06. The predicted octanol–water partition coefficient (Wildman–Crippen LogP) is 3.47. The van der Waals surface area contributed by atoms with Crippen LogP contribution in [0.15, 0.2) is 24.4 Å². The maximum atomic E-state index is 12.0. The summed E-state index contributed by atoms with van der Waals surface area (Å²) in [6.07, 6.45) is 3.85. The molecule has 134 valence electrons. The predicted molar refractivity (Wildman–Crippen MR) is 98.1 cm³/mol. The van der Waals surface area contributed by atoms with Crippen molar-refractivity contribution in [3.8, 4) is 11.3 Å². The molecule has 5 heteroatoms. The van der Waals surface area contributed by atoms with E-state index in [9.17, 15) is 4.79 Å². The summed E-state index contributed by atoms with van der Waals surface area (Å²) in [6, 6.07) is 6.48. The molecule has 1 aromatic carbocycles. The van der Waals surface area contributed by atoms with Crippen LogP contribution in [0.4, 0.5) is 0 Å². The molecule has 3 rings (SSSR count). The first-order chi connectivity index (χ1) is 12.1. The standard InChI is InChI=1S/C20H27N3O2/c1-4-25-20(24)17-6-5-9-23(12-17)13-18-11-21-22-19(18)16-8-7-14(2)15(3)10-16/h7-8,10-11,17H,4-6,9,12-13H2,1-3H3,(H,21,22). The van der Waals surface area contributed by atoms with Crippen molar-refractivity contribution in [2.45, 2.75) is 40.2 Å². The fraction of sp³-hybridized carbons (Fsp3) is 0.500. The Bertz CT molecular complexity index is 738. The lowest BCUT2D eigenvalue weighted by atomic mass is 9.97. The summed E-state index contributed by atoms with van der Waals surface area (Å²) in [5, 5.41) is 7.40. The molecule has 0 radical (unpaired) electrons. The van der Waals surface area contributed by atoms with Crippen molar-refractivity contribution in [1.82, 2.24) is 15.1 Å². The number of aromatic nitrogens is 2. The van der Waals surface area contributed by atoms with Crippen molar-refractivity contribution in [3.63, 3.8) is 0 Å². The van der Waals surface area contributed by atoms with E-state index in [1.165, 1.54) is 16.7 Å². The van der Waals surface area contributed by atoms with Gasteiger partial charge in [0.2, 0.25) is 0 Å². The lowest BCUT2D eigenvalue weighted by Crippen LogP contribution is -2.38. The lowest BCUT2D eigenvalue weighted by Gasteiger charge is -2.31. The Hall–Kier alpha value is -2.14. The molecule has 2 aromatic rings. The highest BCUT2D eigenvalue weighted by molar-refractivity contribution is 5.72. The SMILES string of the molecule is CCOC(=O)C1CCCN(Cc2cn[nH]c2-c2ccc(C)c(C)c2)C1. The number of carbonyl (C=O) groups excluding carboxylic acids is 1. The van der Waals surface area contributed by atoms with Crippen LogP contribution in [0, 0.1) is 19.8 Å². The van der Waals surface area contributed by atoms with Gasteiger partial charge in [0, 0.05) is 24.2 Å². The minimum atomic E-state index is -0.0613. The number of ether oxygens (including phenoxy) is 1. The highest BCUT2D eigenvalue weighted by Crippen LogP contribution is 2.26. The topological polar surface area (TPSA) is 58.2 Å². The van der Waals surface area contributed by atoms with E-state index in [1.54, 1.807) is 0 Å². The van der Waals surface area contributed by atoms with Crippen molar-refractivity contribution in [2.75, 3.05) is 19.7 Å². The number of hydrogen-bond donors (Lipinski definition) is 1. The Labute approximate surface area is 149 Å². The average molecular weight is 341 g/mol. The second-order valence-corrected chi connectivity index (χ2v) is 6.90. The Morgan fingerprint density at radius 2 is 2.20 bits per heavy atom. The van der Waals surface area contributed by atoms with Crippen molar-refractivity contribution in [1.29, 1.82) is 0 Å². The van der Waals surface area contributed by atoms with Crippen LogP contribution in [0.1, 0.15) is 36.5 Å². The summed E-state index contributed by atoms with van der Waals surface area (Å²) >= 11 is 0. The molecule has 0 spiro atoms. The maximum Gasteiger partial charge on any atom is 0.310 e. The fourth-order valence-electron chi connectivity index (χ4n) is 3.47. The molecule has 1 saturated heterocycles. The van der Waals surface area contributed by atoms with E-state index in [2.05, 4.69) is 47.1 Å². The van der Waals surface area contributed by atoms with E-state index in [4.69, 9.17) is 4.74 Å². The van der Waals surface area contributed by atoms with E-state index >= 15 is 0 Å². The molecule has 2 heterocycles. The van der Waals surface area contributed by atoms with Gasteiger partial charge in [0.25, 0.3) is 0 Å². The Kier molecular flexibility index (Phi) is 5.53. The third-order valence-electron chi connectivity index (χ3n) is 5.03. The van der Waals surface area contributed by atoms with Crippen LogP contribution in [0.3, 0.4) is 0 Å². The third-order valence-corrected chi connectivity index (χ3v) is 5.03. The number of H-pyrrole nitrogens is 1. The van der Waals surface area contributed by atoms with Crippen LogP contribution >= 0.6 is 0 Å². The molecule has 0 saturated carbocycles. The van der Waals surface area contributed by atoms with Gasteiger partial charge < -0.3 is 4.74 Å². The van der Waals surface area contributed by atoms with E-state index in [1.807, 2.05) is 13.1 Å². The fourth-order valence-corrected chi connectivity index (χ4v) is 3.47. The summed E-state index contributed by atoms with van der Waals surface area (Å²) in [5.41, 5.74) is 5.97. The minimum absolute atomic E-state index is 0.00864. The van der Waals surface area contributed by atoms with Crippen molar-refractivity contribution in [2.24, 2.45) is 5.92 Å². The first-order valence-corrected chi connectivity index (χ1v) is 9.07. The number of hydrogen-bond acceptors (Lipinski definition) is 4. The highest BCUT2D eigenvalue weighted by atomic mass is 16.5. The summed E-state index contributed by atoms with van der Waals surface area (Å²) in [5.74, 6) is -0.0700. The molecule has 0 amide bonds. The molecular formula is C20H27N3O2. The number of aromatic amines is 1. The number of nitrogens with one attached hydrogen (secondary N) is 1. The molecule has 1 aromatic heterocycles. The smallest absolute Gasteiger partial charge is 0.310 e. The Morgan fingerprint density at radius 3 is 2.96 bits per heavy atom.